The summed E-state index contributed by atoms with van der Waals surface area (Å²) in [6, 6.07) is 15.1. The number of alkyl carbamates (subject to hydrolysis) is 1. The third kappa shape index (κ3) is 11.5. The molecule has 0 unspecified atom stereocenters. The summed E-state index contributed by atoms with van der Waals surface area (Å²) < 4.78 is 10.8. The topological polar surface area (TPSA) is 139 Å². The molecular formula is C33H44N4O6. The zero-order chi connectivity index (χ0) is 31.6. The van der Waals surface area contributed by atoms with Crippen molar-refractivity contribution in [3.63, 3.8) is 0 Å². The average Bonchev–Trinajstić information content (AvgIpc) is 3.32. The monoisotopic (exact) mass is 592 g/mol. The Balaban J connectivity index is 1.74. The number of aromatic nitrogens is 1. The summed E-state index contributed by atoms with van der Waals surface area (Å²) in [6.07, 6.45) is 2.11. The van der Waals surface area contributed by atoms with Gasteiger partial charge in [-0.05, 0) is 65.2 Å². The molecule has 2 atom stereocenters. The second kappa shape index (κ2) is 14.7. The van der Waals surface area contributed by atoms with E-state index in [2.05, 4.69) is 20.9 Å². The minimum absolute atomic E-state index is 0.0764. The molecule has 0 fully saturated rings. The summed E-state index contributed by atoms with van der Waals surface area (Å²) >= 11 is 0. The maximum Gasteiger partial charge on any atom is 0.407 e. The lowest BCUT2D eigenvalue weighted by atomic mass is 10.0. The van der Waals surface area contributed by atoms with Crippen LogP contribution in [0.25, 0.3) is 10.9 Å². The van der Waals surface area contributed by atoms with E-state index in [1.165, 1.54) is 0 Å². The molecule has 4 N–H and O–H groups in total. The van der Waals surface area contributed by atoms with Crippen LogP contribution in [0, 0.1) is 0 Å². The molecular weight excluding hydrogens is 548 g/mol. The molecule has 0 bridgehead atoms. The van der Waals surface area contributed by atoms with Gasteiger partial charge in [0.2, 0.25) is 11.8 Å². The zero-order valence-electron chi connectivity index (χ0n) is 25.9. The Bertz CT molecular complexity index is 1390. The van der Waals surface area contributed by atoms with E-state index < -0.39 is 41.3 Å². The fraction of sp³-hybridized carbons (Fsp3) is 0.455. The lowest BCUT2D eigenvalue weighted by Gasteiger charge is -2.26. The van der Waals surface area contributed by atoms with Crippen molar-refractivity contribution >= 4 is 34.8 Å². The van der Waals surface area contributed by atoms with Gasteiger partial charge in [-0.1, -0.05) is 48.5 Å². The van der Waals surface area contributed by atoms with Gasteiger partial charge < -0.3 is 30.4 Å². The first-order valence-corrected chi connectivity index (χ1v) is 14.6. The van der Waals surface area contributed by atoms with Crippen LogP contribution >= 0.6 is 0 Å². The molecule has 0 saturated carbocycles. The van der Waals surface area contributed by atoms with Crippen molar-refractivity contribution < 1.29 is 28.7 Å². The smallest absolute Gasteiger partial charge is 0.407 e. The average molecular weight is 593 g/mol. The van der Waals surface area contributed by atoms with Gasteiger partial charge in [0.25, 0.3) is 0 Å². The van der Waals surface area contributed by atoms with Crippen LogP contribution in [0.3, 0.4) is 0 Å². The van der Waals surface area contributed by atoms with Crippen LogP contribution in [-0.2, 0) is 36.7 Å². The molecule has 2 aromatic carbocycles. The standard InChI is InChI=1S/C33H44N4O6/c1-32(2,3)42-30(40)27(19-22-13-8-7-9-14-22)37-29(39)26(20-23-21-35-25-16-11-10-15-24(23)25)36-28(38)17-12-18-34-31(41)43-33(4,5)6/h7-11,13-16,21,26-27,35H,12,17-20H2,1-6H3,(H,34,41)(H,36,38)(H,37,39)/t26-,27-/m0/s1. The lowest BCUT2D eigenvalue weighted by molar-refractivity contribution is -0.158. The van der Waals surface area contributed by atoms with Crippen LogP contribution in [-0.4, -0.2) is 58.7 Å². The molecule has 3 rings (SSSR count). The molecule has 0 aliphatic carbocycles. The highest BCUT2D eigenvalue weighted by atomic mass is 16.6. The molecule has 1 heterocycles. The second-order valence-corrected chi connectivity index (χ2v) is 12.5. The van der Waals surface area contributed by atoms with Gasteiger partial charge in [0.1, 0.15) is 23.3 Å². The van der Waals surface area contributed by atoms with Gasteiger partial charge in [-0.3, -0.25) is 9.59 Å². The van der Waals surface area contributed by atoms with E-state index in [-0.39, 0.29) is 31.7 Å². The molecule has 232 valence electrons. The summed E-state index contributed by atoms with van der Waals surface area (Å²) in [7, 11) is 0. The largest absolute Gasteiger partial charge is 0.458 e. The first-order valence-electron chi connectivity index (χ1n) is 14.6. The quantitative estimate of drug-likeness (QED) is 0.180. The molecule has 0 aliphatic rings. The summed E-state index contributed by atoms with van der Waals surface area (Å²) in [5.74, 6) is -1.42. The number of H-pyrrole nitrogens is 1. The predicted octanol–water partition coefficient (Wildman–Crippen LogP) is 4.57. The highest BCUT2D eigenvalue weighted by Crippen LogP contribution is 2.20. The number of benzene rings is 2. The highest BCUT2D eigenvalue weighted by Gasteiger charge is 2.31. The Morgan fingerprint density at radius 2 is 1.44 bits per heavy atom. The predicted molar refractivity (Wildman–Crippen MR) is 165 cm³/mol. The van der Waals surface area contributed by atoms with Gasteiger partial charge in [-0.15, -0.1) is 0 Å². The van der Waals surface area contributed by atoms with E-state index in [4.69, 9.17) is 9.47 Å². The fourth-order valence-corrected chi connectivity index (χ4v) is 4.44. The Hall–Kier alpha value is -4.34. The molecule has 1 aromatic heterocycles. The van der Waals surface area contributed by atoms with E-state index in [1.807, 2.05) is 60.8 Å². The lowest BCUT2D eigenvalue weighted by Crippen LogP contribution is -2.54. The number of rotatable bonds is 12. The molecule has 3 amide bonds. The number of fused-ring (bicyclic) bond motifs is 1. The van der Waals surface area contributed by atoms with Gasteiger partial charge in [0.15, 0.2) is 0 Å². The number of hydrogen-bond donors (Lipinski definition) is 4. The maximum atomic E-state index is 13.7. The summed E-state index contributed by atoms with van der Waals surface area (Å²) in [5, 5.41) is 9.25. The molecule has 0 radical (unpaired) electrons. The van der Waals surface area contributed by atoms with Crippen LogP contribution in [0.15, 0.2) is 60.8 Å². The number of esters is 1. The fourth-order valence-electron chi connectivity index (χ4n) is 4.44. The number of ether oxygens (including phenoxy) is 2. The van der Waals surface area contributed by atoms with E-state index >= 15 is 0 Å². The minimum atomic E-state index is -0.966. The van der Waals surface area contributed by atoms with Crippen LogP contribution in [0.1, 0.15) is 65.5 Å². The van der Waals surface area contributed by atoms with E-state index in [1.54, 1.807) is 41.5 Å². The molecule has 0 spiro atoms. The number of aromatic amines is 1. The van der Waals surface area contributed by atoms with Crippen molar-refractivity contribution in [1.29, 1.82) is 0 Å². The number of hydrogen-bond acceptors (Lipinski definition) is 6. The van der Waals surface area contributed by atoms with Crippen molar-refractivity contribution in [2.45, 2.75) is 90.5 Å². The number of amides is 3. The van der Waals surface area contributed by atoms with Crippen LogP contribution in [0.4, 0.5) is 4.79 Å². The maximum absolute atomic E-state index is 13.7. The Labute approximate surface area is 253 Å². The third-order valence-corrected chi connectivity index (χ3v) is 6.29. The number of carbonyl (C=O) groups excluding carboxylic acids is 4. The summed E-state index contributed by atoms with van der Waals surface area (Å²) in [4.78, 5) is 55.0. The van der Waals surface area contributed by atoms with E-state index in [0.717, 1.165) is 22.0 Å². The van der Waals surface area contributed by atoms with Crippen molar-refractivity contribution in [3.8, 4) is 0 Å². The molecule has 0 aliphatic heterocycles. The highest BCUT2D eigenvalue weighted by molar-refractivity contribution is 5.92. The van der Waals surface area contributed by atoms with E-state index in [0.29, 0.717) is 6.42 Å². The van der Waals surface area contributed by atoms with Crippen molar-refractivity contribution in [1.82, 2.24) is 20.9 Å². The molecule has 10 heteroatoms. The van der Waals surface area contributed by atoms with Gasteiger partial charge in [-0.25, -0.2) is 9.59 Å². The van der Waals surface area contributed by atoms with Gasteiger partial charge in [-0.2, -0.15) is 0 Å². The number of para-hydroxylation sites is 1. The number of nitrogens with one attached hydrogen (secondary N) is 4. The minimum Gasteiger partial charge on any atom is -0.458 e. The second-order valence-electron chi connectivity index (χ2n) is 12.5. The normalized spacial score (nSPS) is 13.1. The van der Waals surface area contributed by atoms with Crippen LogP contribution < -0.4 is 16.0 Å². The van der Waals surface area contributed by atoms with Gasteiger partial charge >= 0.3 is 12.1 Å². The molecule has 3 aromatic rings. The van der Waals surface area contributed by atoms with Gasteiger partial charge in [0.05, 0.1) is 0 Å². The Kier molecular flexibility index (Phi) is 11.3. The van der Waals surface area contributed by atoms with Crippen LogP contribution in [0.2, 0.25) is 0 Å². The molecule has 10 nitrogen and oxygen atoms in total. The summed E-state index contributed by atoms with van der Waals surface area (Å²) in [5.41, 5.74) is 1.24. The van der Waals surface area contributed by atoms with Crippen molar-refractivity contribution in [3.05, 3.63) is 71.9 Å². The Morgan fingerprint density at radius 3 is 2.12 bits per heavy atom. The Morgan fingerprint density at radius 1 is 0.791 bits per heavy atom. The molecule has 0 saturated heterocycles. The number of carbonyl (C=O) groups is 4. The van der Waals surface area contributed by atoms with E-state index in [9.17, 15) is 19.2 Å². The first-order chi connectivity index (χ1) is 20.2. The first kappa shape index (κ1) is 33.2. The zero-order valence-corrected chi connectivity index (χ0v) is 25.9. The SMILES string of the molecule is CC(C)(C)OC(=O)NCCCC(=O)N[C@@H](Cc1c[nH]c2ccccc12)C(=O)N[C@@H](Cc1ccccc1)C(=O)OC(C)(C)C. The van der Waals surface area contributed by atoms with Crippen molar-refractivity contribution in [2.24, 2.45) is 0 Å². The molecule has 43 heavy (non-hydrogen) atoms. The van der Waals surface area contributed by atoms with Crippen LogP contribution in [0.5, 0.6) is 0 Å². The van der Waals surface area contributed by atoms with Gasteiger partial charge in [0, 0.05) is 42.9 Å². The third-order valence-electron chi connectivity index (χ3n) is 6.29. The summed E-state index contributed by atoms with van der Waals surface area (Å²) in [6.45, 7) is 10.8. The van der Waals surface area contributed by atoms with Crippen molar-refractivity contribution in [2.75, 3.05) is 6.54 Å².